The van der Waals surface area contributed by atoms with Gasteiger partial charge in [-0.1, -0.05) is 6.07 Å². The van der Waals surface area contributed by atoms with Crippen LogP contribution in [-0.2, 0) is 22.5 Å². The Morgan fingerprint density at radius 2 is 2.14 bits per heavy atom. The van der Waals surface area contributed by atoms with E-state index >= 15 is 0 Å². The van der Waals surface area contributed by atoms with Crippen molar-refractivity contribution in [1.82, 2.24) is 4.57 Å². The van der Waals surface area contributed by atoms with Crippen molar-refractivity contribution in [3.63, 3.8) is 0 Å². The number of aromatic hydroxyl groups is 1. The Balaban J connectivity index is 2.39. The number of hydrogen-bond donors (Lipinski definition) is 1. The summed E-state index contributed by atoms with van der Waals surface area (Å²) in [5.41, 5.74) is 0.873. The van der Waals surface area contributed by atoms with Gasteiger partial charge in [-0.15, -0.1) is 0 Å². The molecule has 0 aliphatic heterocycles. The third-order valence-electron chi connectivity index (χ3n) is 2.95. The Kier molecular flexibility index (Phi) is 3.90. The molecule has 0 radical (unpaired) electrons. The van der Waals surface area contributed by atoms with Gasteiger partial charge in [-0.05, 0) is 38.5 Å². The minimum atomic E-state index is -0.544. The Morgan fingerprint density at radius 3 is 2.76 bits per heavy atom. The smallest absolute Gasteiger partial charge is 0.326 e. The number of rotatable bonds is 3. The highest BCUT2D eigenvalue weighted by atomic mass is 16.6. The summed E-state index contributed by atoms with van der Waals surface area (Å²) in [7, 11) is 0. The second-order valence-corrected chi connectivity index (χ2v) is 5.87. The zero-order chi connectivity index (χ0) is 15.6. The van der Waals surface area contributed by atoms with Crippen LogP contribution in [0, 0.1) is 11.3 Å². The molecule has 0 atom stereocenters. The van der Waals surface area contributed by atoms with Gasteiger partial charge in [0.25, 0.3) is 0 Å². The largest absolute Gasteiger partial charge is 0.507 e. The van der Waals surface area contributed by atoms with E-state index in [1.807, 2.05) is 20.8 Å². The van der Waals surface area contributed by atoms with Crippen molar-refractivity contribution in [2.24, 2.45) is 0 Å². The summed E-state index contributed by atoms with van der Waals surface area (Å²) in [4.78, 5) is 12.0. The van der Waals surface area contributed by atoms with Crippen molar-refractivity contribution < 1.29 is 14.6 Å². The van der Waals surface area contributed by atoms with Crippen LogP contribution in [0.15, 0.2) is 24.4 Å². The topological polar surface area (TPSA) is 75.2 Å². The third-order valence-corrected chi connectivity index (χ3v) is 2.95. The highest BCUT2D eigenvalue weighted by molar-refractivity contribution is 5.90. The maximum atomic E-state index is 12.0. The van der Waals surface area contributed by atoms with E-state index in [9.17, 15) is 9.90 Å². The van der Waals surface area contributed by atoms with Gasteiger partial charge < -0.3 is 14.4 Å². The van der Waals surface area contributed by atoms with Crippen molar-refractivity contribution in [3.8, 4) is 11.8 Å². The Labute approximate surface area is 123 Å². The fraction of sp³-hybridized carbons (Fsp3) is 0.375. The third kappa shape index (κ3) is 3.34. The number of hydrogen-bond acceptors (Lipinski definition) is 4. The molecular formula is C16H18N2O3. The predicted molar refractivity (Wildman–Crippen MR) is 78.8 cm³/mol. The molecule has 0 spiro atoms. The molecule has 1 aromatic carbocycles. The number of esters is 1. The molecule has 110 valence electrons. The number of nitrogens with zero attached hydrogens (tertiary/aromatic N) is 2. The number of phenolic OH excluding ortho intramolecular Hbond substituents is 1. The van der Waals surface area contributed by atoms with Gasteiger partial charge in [0.15, 0.2) is 0 Å². The van der Waals surface area contributed by atoms with Crippen LogP contribution in [0.1, 0.15) is 26.3 Å². The number of ether oxygens (including phenoxy) is 1. The molecule has 0 aliphatic rings. The lowest BCUT2D eigenvalue weighted by molar-refractivity contribution is -0.155. The molecule has 0 bridgehead atoms. The number of fused-ring (bicyclic) bond motifs is 1. The van der Waals surface area contributed by atoms with E-state index in [1.165, 1.54) is 0 Å². The molecular weight excluding hydrogens is 268 g/mol. The molecule has 2 rings (SSSR count). The number of carbonyl (C=O) groups is 1. The molecule has 1 aromatic heterocycles. The molecule has 0 saturated carbocycles. The first kappa shape index (κ1) is 14.9. The van der Waals surface area contributed by atoms with Gasteiger partial charge in [0.2, 0.25) is 0 Å². The van der Waals surface area contributed by atoms with Gasteiger partial charge in [-0.3, -0.25) is 4.79 Å². The van der Waals surface area contributed by atoms with Crippen molar-refractivity contribution in [2.75, 3.05) is 0 Å². The van der Waals surface area contributed by atoms with E-state index in [0.29, 0.717) is 16.5 Å². The maximum absolute atomic E-state index is 12.0. The number of phenols is 1. The summed E-state index contributed by atoms with van der Waals surface area (Å²) in [5.74, 6) is -0.244. The molecule has 0 amide bonds. The molecule has 5 nitrogen and oxygen atoms in total. The van der Waals surface area contributed by atoms with Crippen molar-refractivity contribution in [3.05, 3.63) is 30.0 Å². The molecule has 2 aromatic rings. The summed E-state index contributed by atoms with van der Waals surface area (Å²) < 4.78 is 7.01. The van der Waals surface area contributed by atoms with Crippen LogP contribution in [0.25, 0.3) is 10.9 Å². The second kappa shape index (κ2) is 5.49. The van der Waals surface area contributed by atoms with E-state index in [4.69, 9.17) is 10.00 Å². The lowest BCUT2D eigenvalue weighted by Gasteiger charge is -2.19. The summed E-state index contributed by atoms with van der Waals surface area (Å²) in [6.07, 6.45) is 1.90. The van der Waals surface area contributed by atoms with E-state index in [1.54, 1.807) is 29.0 Å². The van der Waals surface area contributed by atoms with Gasteiger partial charge in [0.05, 0.1) is 18.0 Å². The van der Waals surface area contributed by atoms with Crippen molar-refractivity contribution in [2.45, 2.75) is 39.3 Å². The zero-order valence-corrected chi connectivity index (χ0v) is 12.4. The average Bonchev–Trinajstić information content (AvgIpc) is 2.67. The monoisotopic (exact) mass is 286 g/mol. The number of carbonyl (C=O) groups excluding carboxylic acids is 1. The first-order chi connectivity index (χ1) is 9.81. The quantitative estimate of drug-likeness (QED) is 0.880. The molecule has 0 fully saturated rings. The lowest BCUT2D eigenvalue weighted by atomic mass is 10.1. The normalized spacial score (nSPS) is 11.3. The molecule has 0 saturated heterocycles. The number of nitriles is 1. The van der Waals surface area contributed by atoms with Crippen LogP contribution >= 0.6 is 0 Å². The molecule has 21 heavy (non-hydrogen) atoms. The Morgan fingerprint density at radius 1 is 1.43 bits per heavy atom. The highest BCUT2D eigenvalue weighted by Gasteiger charge is 2.19. The van der Waals surface area contributed by atoms with Crippen LogP contribution < -0.4 is 0 Å². The molecule has 0 unspecified atom stereocenters. The Bertz CT molecular complexity index is 717. The lowest BCUT2D eigenvalue weighted by Crippen LogP contribution is -2.26. The first-order valence-electron chi connectivity index (χ1n) is 6.70. The van der Waals surface area contributed by atoms with Gasteiger partial charge >= 0.3 is 5.97 Å². The van der Waals surface area contributed by atoms with Gasteiger partial charge in [-0.25, -0.2) is 0 Å². The van der Waals surface area contributed by atoms with Crippen LogP contribution in [0.2, 0.25) is 0 Å². The maximum Gasteiger partial charge on any atom is 0.326 e. The minimum Gasteiger partial charge on any atom is -0.507 e. The van der Waals surface area contributed by atoms with Crippen molar-refractivity contribution >= 4 is 16.9 Å². The van der Waals surface area contributed by atoms with E-state index in [0.717, 1.165) is 0 Å². The Hall–Kier alpha value is -2.48. The SMILES string of the molecule is CC(C)(C)OC(=O)Cn1cc(CC#N)c2c(O)cccc21. The predicted octanol–water partition coefficient (Wildman–Crippen LogP) is 2.75. The van der Waals surface area contributed by atoms with Gasteiger partial charge in [0.1, 0.15) is 17.9 Å². The highest BCUT2D eigenvalue weighted by Crippen LogP contribution is 2.30. The van der Waals surface area contributed by atoms with Gasteiger partial charge in [0, 0.05) is 11.6 Å². The van der Waals surface area contributed by atoms with E-state index in [2.05, 4.69) is 6.07 Å². The van der Waals surface area contributed by atoms with Gasteiger partial charge in [-0.2, -0.15) is 5.26 Å². The zero-order valence-electron chi connectivity index (χ0n) is 12.4. The number of aromatic nitrogens is 1. The fourth-order valence-electron chi connectivity index (χ4n) is 2.28. The van der Waals surface area contributed by atoms with E-state index in [-0.39, 0.29) is 24.7 Å². The molecule has 5 heteroatoms. The summed E-state index contributed by atoms with van der Waals surface area (Å²) in [6.45, 7) is 5.48. The average molecular weight is 286 g/mol. The second-order valence-electron chi connectivity index (χ2n) is 5.87. The minimum absolute atomic E-state index is 0.0443. The van der Waals surface area contributed by atoms with Crippen LogP contribution in [-0.4, -0.2) is 21.2 Å². The first-order valence-corrected chi connectivity index (χ1v) is 6.70. The van der Waals surface area contributed by atoms with Crippen LogP contribution in [0.4, 0.5) is 0 Å². The molecule has 1 N–H and O–H groups in total. The summed E-state index contributed by atoms with van der Waals surface area (Å²) >= 11 is 0. The van der Waals surface area contributed by atoms with Crippen molar-refractivity contribution in [1.29, 1.82) is 5.26 Å². The standard InChI is InChI=1S/C16H18N2O3/c1-16(2,3)21-14(20)10-18-9-11(7-8-17)15-12(18)5-4-6-13(15)19/h4-6,9,19H,7,10H2,1-3H3. The van der Waals surface area contributed by atoms with Crippen LogP contribution in [0.3, 0.4) is 0 Å². The van der Waals surface area contributed by atoms with E-state index < -0.39 is 5.60 Å². The number of benzene rings is 1. The summed E-state index contributed by atoms with van der Waals surface area (Å²) in [5, 5.41) is 19.5. The van der Waals surface area contributed by atoms with Crippen LogP contribution in [0.5, 0.6) is 5.75 Å². The molecule has 0 aliphatic carbocycles. The fourth-order valence-corrected chi connectivity index (χ4v) is 2.28. The summed E-state index contributed by atoms with van der Waals surface area (Å²) in [6, 6.07) is 7.15. The molecule has 1 heterocycles.